The van der Waals surface area contributed by atoms with Crippen molar-refractivity contribution in [2.24, 2.45) is 0 Å². The third-order valence-corrected chi connectivity index (χ3v) is 4.11. The molecule has 3 heteroatoms. The van der Waals surface area contributed by atoms with Crippen LogP contribution in [0.5, 0.6) is 11.5 Å². The van der Waals surface area contributed by atoms with Crippen molar-refractivity contribution in [1.82, 2.24) is 0 Å². The molecule has 0 bridgehead atoms. The smallest absolute Gasteiger partial charge is 0.200 e. The standard InChI is InChI=1S/C20H22O3/c1-13-8-9-14(2)16(10-13)17(21)12-22-18-7-5-6-15-11-20(3,4)23-19(15)18/h5-10H,11-12H2,1-4H3. The average Bonchev–Trinajstić information content (AvgIpc) is 2.81. The molecule has 0 radical (unpaired) electrons. The first-order chi connectivity index (χ1) is 10.9. The fourth-order valence-electron chi connectivity index (χ4n) is 2.96. The van der Waals surface area contributed by atoms with Gasteiger partial charge in [0.2, 0.25) is 0 Å². The maximum absolute atomic E-state index is 12.5. The van der Waals surface area contributed by atoms with Crippen LogP contribution in [0.15, 0.2) is 36.4 Å². The Balaban J connectivity index is 1.76. The Hall–Kier alpha value is -2.29. The number of ether oxygens (including phenoxy) is 2. The van der Waals surface area contributed by atoms with Crippen LogP contribution >= 0.6 is 0 Å². The Morgan fingerprint density at radius 2 is 2.00 bits per heavy atom. The van der Waals surface area contributed by atoms with Crippen molar-refractivity contribution in [2.75, 3.05) is 6.61 Å². The fourth-order valence-corrected chi connectivity index (χ4v) is 2.96. The van der Waals surface area contributed by atoms with E-state index < -0.39 is 0 Å². The molecule has 0 saturated heterocycles. The van der Waals surface area contributed by atoms with E-state index in [1.54, 1.807) is 0 Å². The van der Waals surface area contributed by atoms with Gasteiger partial charge in [0.15, 0.2) is 23.9 Å². The largest absolute Gasteiger partial charge is 0.483 e. The summed E-state index contributed by atoms with van der Waals surface area (Å²) in [6.07, 6.45) is 0.852. The van der Waals surface area contributed by atoms with Crippen LogP contribution in [0.25, 0.3) is 0 Å². The second kappa shape index (κ2) is 5.73. The Morgan fingerprint density at radius 1 is 1.22 bits per heavy atom. The Labute approximate surface area is 137 Å². The lowest BCUT2D eigenvalue weighted by molar-refractivity contribution is 0.0911. The maximum atomic E-state index is 12.5. The molecule has 120 valence electrons. The van der Waals surface area contributed by atoms with E-state index in [0.29, 0.717) is 5.75 Å². The molecule has 0 fully saturated rings. The molecule has 1 heterocycles. The van der Waals surface area contributed by atoms with Crippen molar-refractivity contribution >= 4 is 5.78 Å². The summed E-state index contributed by atoms with van der Waals surface area (Å²) in [6, 6.07) is 11.7. The minimum absolute atomic E-state index is 0.0129. The number of rotatable bonds is 4. The minimum Gasteiger partial charge on any atom is -0.483 e. The van der Waals surface area contributed by atoms with Crippen molar-refractivity contribution in [1.29, 1.82) is 0 Å². The molecule has 23 heavy (non-hydrogen) atoms. The molecule has 2 aromatic carbocycles. The Bertz CT molecular complexity index is 759. The number of carbonyl (C=O) groups excluding carboxylic acids is 1. The molecule has 0 unspecified atom stereocenters. The molecule has 3 rings (SSSR count). The van der Waals surface area contributed by atoms with Crippen LogP contribution in [0.2, 0.25) is 0 Å². The zero-order chi connectivity index (χ0) is 16.6. The van der Waals surface area contributed by atoms with Crippen LogP contribution in [-0.4, -0.2) is 18.0 Å². The topological polar surface area (TPSA) is 35.5 Å². The zero-order valence-electron chi connectivity index (χ0n) is 14.1. The second-order valence-electron chi connectivity index (χ2n) is 6.81. The van der Waals surface area contributed by atoms with Gasteiger partial charge in [-0.3, -0.25) is 4.79 Å². The molecule has 0 spiro atoms. The van der Waals surface area contributed by atoms with Gasteiger partial charge in [-0.25, -0.2) is 0 Å². The number of ketones is 1. The van der Waals surface area contributed by atoms with E-state index in [9.17, 15) is 4.79 Å². The molecular formula is C20H22O3. The van der Waals surface area contributed by atoms with E-state index in [2.05, 4.69) is 13.8 Å². The third kappa shape index (κ3) is 3.24. The number of para-hydroxylation sites is 1. The maximum Gasteiger partial charge on any atom is 0.200 e. The summed E-state index contributed by atoms with van der Waals surface area (Å²) in [5, 5.41) is 0. The molecule has 2 aromatic rings. The lowest BCUT2D eigenvalue weighted by Crippen LogP contribution is -2.24. The highest BCUT2D eigenvalue weighted by Gasteiger charge is 2.32. The van der Waals surface area contributed by atoms with Gasteiger partial charge in [0.1, 0.15) is 5.60 Å². The summed E-state index contributed by atoms with van der Waals surface area (Å²) in [7, 11) is 0. The summed E-state index contributed by atoms with van der Waals surface area (Å²) in [6.45, 7) is 8.05. The van der Waals surface area contributed by atoms with Gasteiger partial charge >= 0.3 is 0 Å². The van der Waals surface area contributed by atoms with E-state index in [4.69, 9.17) is 9.47 Å². The number of hydrogen-bond acceptors (Lipinski definition) is 3. The van der Waals surface area contributed by atoms with Crippen molar-refractivity contribution in [2.45, 2.75) is 39.7 Å². The molecule has 0 aromatic heterocycles. The highest BCUT2D eigenvalue weighted by molar-refractivity contribution is 5.98. The monoisotopic (exact) mass is 310 g/mol. The third-order valence-electron chi connectivity index (χ3n) is 4.11. The van der Waals surface area contributed by atoms with Gasteiger partial charge in [-0.2, -0.15) is 0 Å². The number of carbonyl (C=O) groups is 1. The summed E-state index contributed by atoms with van der Waals surface area (Å²) in [4.78, 5) is 12.5. The predicted molar refractivity (Wildman–Crippen MR) is 90.6 cm³/mol. The first-order valence-corrected chi connectivity index (χ1v) is 7.90. The number of benzene rings is 2. The first-order valence-electron chi connectivity index (χ1n) is 7.90. The highest BCUT2D eigenvalue weighted by atomic mass is 16.5. The SMILES string of the molecule is Cc1ccc(C)c(C(=O)COc2cccc3c2OC(C)(C)C3)c1. The van der Waals surface area contributed by atoms with Crippen LogP contribution < -0.4 is 9.47 Å². The number of aryl methyl sites for hydroxylation is 2. The van der Waals surface area contributed by atoms with Crippen molar-refractivity contribution < 1.29 is 14.3 Å². The molecule has 0 aliphatic carbocycles. The summed E-state index contributed by atoms with van der Waals surface area (Å²) in [5.74, 6) is 1.40. The van der Waals surface area contributed by atoms with E-state index in [1.165, 1.54) is 0 Å². The summed E-state index contributed by atoms with van der Waals surface area (Å²) in [5.41, 5.74) is 3.67. The van der Waals surface area contributed by atoms with Crippen LogP contribution in [0.1, 0.15) is 40.9 Å². The lowest BCUT2D eigenvalue weighted by atomic mass is 10.0. The molecule has 0 saturated carbocycles. The van der Waals surface area contributed by atoms with Gasteiger partial charge in [0.25, 0.3) is 0 Å². The van der Waals surface area contributed by atoms with Crippen molar-refractivity contribution in [3.63, 3.8) is 0 Å². The highest BCUT2D eigenvalue weighted by Crippen LogP contribution is 2.41. The van der Waals surface area contributed by atoms with E-state index >= 15 is 0 Å². The van der Waals surface area contributed by atoms with Crippen LogP contribution in [0.4, 0.5) is 0 Å². The van der Waals surface area contributed by atoms with Crippen molar-refractivity contribution in [3.8, 4) is 11.5 Å². The van der Waals surface area contributed by atoms with Crippen LogP contribution in [0.3, 0.4) is 0 Å². The molecular weight excluding hydrogens is 288 g/mol. The van der Waals surface area contributed by atoms with Crippen LogP contribution in [0, 0.1) is 13.8 Å². The zero-order valence-corrected chi connectivity index (χ0v) is 14.1. The van der Waals surface area contributed by atoms with Crippen molar-refractivity contribution in [3.05, 3.63) is 58.7 Å². The quantitative estimate of drug-likeness (QED) is 0.791. The van der Waals surface area contributed by atoms with Gasteiger partial charge in [-0.05, 0) is 45.4 Å². The Kier molecular flexibility index (Phi) is 3.88. The predicted octanol–water partition coefficient (Wildman–Crippen LogP) is 4.28. The van der Waals surface area contributed by atoms with E-state index in [-0.39, 0.29) is 18.0 Å². The van der Waals surface area contributed by atoms with Gasteiger partial charge in [-0.15, -0.1) is 0 Å². The first kappa shape index (κ1) is 15.6. The Morgan fingerprint density at radius 3 is 2.78 bits per heavy atom. The fraction of sp³-hybridized carbons (Fsp3) is 0.350. The van der Waals surface area contributed by atoms with E-state index in [0.717, 1.165) is 34.4 Å². The molecule has 1 aliphatic heterocycles. The molecule has 1 aliphatic rings. The van der Waals surface area contributed by atoms with Gasteiger partial charge in [-0.1, -0.05) is 29.8 Å². The van der Waals surface area contributed by atoms with Gasteiger partial charge in [0.05, 0.1) is 0 Å². The summed E-state index contributed by atoms with van der Waals surface area (Å²) < 4.78 is 11.7. The number of hydrogen-bond donors (Lipinski definition) is 0. The van der Waals surface area contributed by atoms with Gasteiger partial charge < -0.3 is 9.47 Å². The molecule has 0 amide bonds. The number of Topliss-reactive ketones (excluding diaryl/α,β-unsaturated/α-hetero) is 1. The lowest BCUT2D eigenvalue weighted by Gasteiger charge is -2.18. The normalized spacial score (nSPS) is 15.0. The van der Waals surface area contributed by atoms with Crippen LogP contribution in [-0.2, 0) is 6.42 Å². The molecule has 3 nitrogen and oxygen atoms in total. The summed E-state index contributed by atoms with van der Waals surface area (Å²) >= 11 is 0. The number of fused-ring (bicyclic) bond motifs is 1. The van der Waals surface area contributed by atoms with Gasteiger partial charge in [0, 0.05) is 17.5 Å². The molecule has 0 atom stereocenters. The van der Waals surface area contributed by atoms with E-state index in [1.807, 2.05) is 50.2 Å². The molecule has 0 N–H and O–H groups in total. The second-order valence-corrected chi connectivity index (χ2v) is 6.81. The minimum atomic E-state index is -0.223. The average molecular weight is 310 g/mol.